The van der Waals surface area contributed by atoms with Gasteiger partial charge in [-0.1, -0.05) is 36.4 Å². The van der Waals surface area contributed by atoms with Crippen LogP contribution < -0.4 is 5.32 Å². The number of rotatable bonds is 2. The zero-order valence-electron chi connectivity index (χ0n) is 15.9. The van der Waals surface area contributed by atoms with Gasteiger partial charge in [0.1, 0.15) is 11.5 Å². The Morgan fingerprint density at radius 3 is 2.58 bits per heavy atom. The Morgan fingerprint density at radius 2 is 1.77 bits per heavy atom. The van der Waals surface area contributed by atoms with E-state index in [1.165, 1.54) is 23.5 Å². The normalized spacial score (nSPS) is 14.8. The van der Waals surface area contributed by atoms with Gasteiger partial charge in [0.15, 0.2) is 5.82 Å². The molecule has 8 heteroatoms. The number of aromatic nitrogens is 2. The SMILES string of the molecule is O=[N+]([O-])c1cccc(C2Nc3nc4ccccc4nc3-c3c2sc2c(F)cccc32)c1. The third kappa shape index (κ3) is 2.69. The number of nitro groups is 1. The van der Waals surface area contributed by atoms with Crippen molar-refractivity contribution in [3.63, 3.8) is 0 Å². The van der Waals surface area contributed by atoms with Crippen LogP contribution in [0.2, 0.25) is 0 Å². The number of non-ortho nitro benzene ring substituents is 1. The van der Waals surface area contributed by atoms with Crippen molar-refractivity contribution in [3.05, 3.63) is 93.1 Å². The Balaban J connectivity index is 1.67. The summed E-state index contributed by atoms with van der Waals surface area (Å²) in [5.74, 6) is 0.275. The molecule has 6 nitrogen and oxygen atoms in total. The molecule has 1 N–H and O–H groups in total. The van der Waals surface area contributed by atoms with Crippen molar-refractivity contribution in [1.82, 2.24) is 9.97 Å². The minimum atomic E-state index is -0.418. The van der Waals surface area contributed by atoms with Crippen LogP contribution in [-0.2, 0) is 0 Å². The summed E-state index contributed by atoms with van der Waals surface area (Å²) in [7, 11) is 0. The van der Waals surface area contributed by atoms with Crippen LogP contribution >= 0.6 is 11.3 Å². The van der Waals surface area contributed by atoms with Crippen molar-refractivity contribution in [3.8, 4) is 11.3 Å². The van der Waals surface area contributed by atoms with Gasteiger partial charge in [0.05, 0.1) is 26.7 Å². The second kappa shape index (κ2) is 6.55. The van der Waals surface area contributed by atoms with E-state index in [1.807, 2.05) is 36.4 Å². The summed E-state index contributed by atoms with van der Waals surface area (Å²) in [6.45, 7) is 0. The van der Waals surface area contributed by atoms with Gasteiger partial charge >= 0.3 is 0 Å². The molecule has 0 saturated carbocycles. The van der Waals surface area contributed by atoms with E-state index in [4.69, 9.17) is 9.97 Å². The number of halogens is 1. The molecule has 150 valence electrons. The molecular weight excluding hydrogens is 415 g/mol. The van der Waals surface area contributed by atoms with Crippen LogP contribution in [0.3, 0.4) is 0 Å². The average Bonchev–Trinajstić information content (AvgIpc) is 3.18. The van der Waals surface area contributed by atoms with Crippen molar-refractivity contribution in [2.75, 3.05) is 5.32 Å². The molecule has 0 saturated heterocycles. The Bertz CT molecular complexity index is 1530. The molecule has 0 bridgehead atoms. The summed E-state index contributed by atoms with van der Waals surface area (Å²) in [5.41, 5.74) is 3.68. The van der Waals surface area contributed by atoms with Crippen LogP contribution in [0.5, 0.6) is 0 Å². The van der Waals surface area contributed by atoms with Crippen LogP contribution in [-0.4, -0.2) is 14.9 Å². The predicted molar refractivity (Wildman–Crippen MR) is 119 cm³/mol. The van der Waals surface area contributed by atoms with Crippen LogP contribution in [0.1, 0.15) is 16.5 Å². The molecule has 0 amide bonds. The van der Waals surface area contributed by atoms with E-state index in [9.17, 15) is 14.5 Å². The third-order valence-corrected chi connectivity index (χ3v) is 6.74. The molecule has 1 aliphatic rings. The van der Waals surface area contributed by atoms with Crippen LogP contribution in [0.4, 0.5) is 15.9 Å². The van der Waals surface area contributed by atoms with Crippen LogP contribution in [0.15, 0.2) is 66.7 Å². The number of hydrogen-bond acceptors (Lipinski definition) is 6. The second-order valence-electron chi connectivity index (χ2n) is 7.30. The molecule has 31 heavy (non-hydrogen) atoms. The number of para-hydroxylation sites is 2. The van der Waals surface area contributed by atoms with E-state index in [-0.39, 0.29) is 11.5 Å². The number of nitrogens with zero attached hydrogens (tertiary/aromatic N) is 3. The number of hydrogen-bond donors (Lipinski definition) is 1. The first-order valence-electron chi connectivity index (χ1n) is 9.59. The van der Waals surface area contributed by atoms with E-state index >= 15 is 0 Å². The lowest BCUT2D eigenvalue weighted by Crippen LogP contribution is -2.18. The van der Waals surface area contributed by atoms with Crippen molar-refractivity contribution in [2.24, 2.45) is 0 Å². The molecule has 3 aromatic carbocycles. The van der Waals surface area contributed by atoms with Crippen LogP contribution in [0.25, 0.3) is 32.4 Å². The van der Waals surface area contributed by atoms with E-state index < -0.39 is 11.0 Å². The molecular formula is C23H13FN4O2S. The fraction of sp³-hybridized carbons (Fsp3) is 0.0435. The Labute approximate surface area is 179 Å². The fourth-order valence-electron chi connectivity index (χ4n) is 4.08. The first kappa shape index (κ1) is 17.9. The molecule has 1 unspecified atom stereocenters. The number of nitrogens with one attached hydrogen (secondary N) is 1. The summed E-state index contributed by atoms with van der Waals surface area (Å²) >= 11 is 1.34. The first-order chi connectivity index (χ1) is 15.1. The van der Waals surface area contributed by atoms with Gasteiger partial charge in [-0.25, -0.2) is 14.4 Å². The topological polar surface area (TPSA) is 81.0 Å². The van der Waals surface area contributed by atoms with Gasteiger partial charge in [0.25, 0.3) is 5.69 Å². The number of benzene rings is 3. The lowest BCUT2D eigenvalue weighted by molar-refractivity contribution is -0.384. The van der Waals surface area contributed by atoms with Gasteiger partial charge in [-0.05, 0) is 23.8 Å². The molecule has 0 spiro atoms. The van der Waals surface area contributed by atoms with E-state index in [0.29, 0.717) is 21.8 Å². The number of fused-ring (bicyclic) bond motifs is 6. The molecule has 5 aromatic rings. The molecule has 0 radical (unpaired) electrons. The largest absolute Gasteiger partial charge is 0.356 e. The van der Waals surface area contributed by atoms with Crippen molar-refractivity contribution < 1.29 is 9.31 Å². The Kier molecular flexibility index (Phi) is 3.78. The van der Waals surface area contributed by atoms with Gasteiger partial charge in [0.2, 0.25) is 0 Å². The third-order valence-electron chi connectivity index (χ3n) is 5.46. The van der Waals surface area contributed by atoms with Gasteiger partial charge < -0.3 is 5.32 Å². The summed E-state index contributed by atoms with van der Waals surface area (Å²) in [4.78, 5) is 21.4. The van der Waals surface area contributed by atoms with Gasteiger partial charge in [-0.15, -0.1) is 11.3 Å². The quantitative estimate of drug-likeness (QED) is 0.272. The highest BCUT2D eigenvalue weighted by Crippen LogP contribution is 2.50. The minimum absolute atomic E-state index is 0.00327. The summed E-state index contributed by atoms with van der Waals surface area (Å²) in [5, 5.41) is 15.5. The number of anilines is 1. The molecule has 0 aliphatic carbocycles. The van der Waals surface area contributed by atoms with Crippen molar-refractivity contribution >= 4 is 44.0 Å². The fourth-order valence-corrected chi connectivity index (χ4v) is 5.37. The summed E-state index contributed by atoms with van der Waals surface area (Å²) in [6.07, 6.45) is 0. The molecule has 1 atom stereocenters. The van der Waals surface area contributed by atoms with Gasteiger partial charge in [0, 0.05) is 28.0 Å². The van der Waals surface area contributed by atoms with Gasteiger partial charge in [-0.3, -0.25) is 10.1 Å². The Hall–Kier alpha value is -3.91. The van der Waals surface area contributed by atoms with E-state index in [2.05, 4.69) is 5.32 Å². The predicted octanol–water partition coefficient (Wildman–Crippen LogP) is 6.07. The first-order valence-corrected chi connectivity index (χ1v) is 10.4. The minimum Gasteiger partial charge on any atom is -0.356 e. The molecule has 3 heterocycles. The smallest absolute Gasteiger partial charge is 0.269 e. The molecule has 2 aromatic heterocycles. The van der Waals surface area contributed by atoms with E-state index in [1.54, 1.807) is 18.2 Å². The highest BCUT2D eigenvalue weighted by Gasteiger charge is 2.33. The average molecular weight is 428 g/mol. The van der Waals surface area contributed by atoms with Gasteiger partial charge in [-0.2, -0.15) is 0 Å². The highest BCUT2D eigenvalue weighted by molar-refractivity contribution is 7.20. The maximum atomic E-state index is 14.7. The Morgan fingerprint density at radius 1 is 1.00 bits per heavy atom. The maximum absolute atomic E-state index is 14.7. The molecule has 0 fully saturated rings. The van der Waals surface area contributed by atoms with E-state index in [0.717, 1.165) is 26.9 Å². The van der Waals surface area contributed by atoms with Crippen LogP contribution in [0, 0.1) is 15.9 Å². The molecule has 1 aliphatic heterocycles. The standard InChI is InChI=1S/C23H13FN4O2S/c24-15-8-4-7-14-18-20-23(26-17-10-2-1-9-16(17)25-20)27-19(22(18)31-21(14)15)12-5-3-6-13(11-12)28(29)30/h1-11,19H,(H,26,27). The zero-order chi connectivity index (χ0) is 21.1. The lowest BCUT2D eigenvalue weighted by Gasteiger charge is -2.26. The summed E-state index contributed by atoms with van der Waals surface area (Å²) < 4.78 is 15.2. The summed E-state index contributed by atoms with van der Waals surface area (Å²) in [6, 6.07) is 18.6. The monoisotopic (exact) mass is 428 g/mol. The zero-order valence-corrected chi connectivity index (χ0v) is 16.7. The number of thiophene rings is 1. The van der Waals surface area contributed by atoms with Crippen molar-refractivity contribution in [1.29, 1.82) is 0 Å². The van der Waals surface area contributed by atoms with Crippen molar-refractivity contribution in [2.45, 2.75) is 6.04 Å². The molecule has 6 rings (SSSR count). The maximum Gasteiger partial charge on any atom is 0.269 e. The lowest BCUT2D eigenvalue weighted by atomic mass is 9.94. The second-order valence-corrected chi connectivity index (χ2v) is 8.35. The number of nitro benzene ring substituents is 1. The highest BCUT2D eigenvalue weighted by atomic mass is 32.1.